The lowest BCUT2D eigenvalue weighted by Crippen LogP contribution is -1.73. The Labute approximate surface area is 65.3 Å². The molecule has 0 aromatic heterocycles. The average Bonchev–Trinajstić information content (AvgIpc) is 1.97. The minimum atomic E-state index is 1.19. The normalized spacial score (nSPS) is 11.0. The van der Waals surface area contributed by atoms with E-state index in [1.165, 1.54) is 38.5 Å². The predicted octanol–water partition coefficient (Wildman–Crippen LogP) is 3.92. The quantitative estimate of drug-likeness (QED) is 0.387. The summed E-state index contributed by atoms with van der Waals surface area (Å²) in [7, 11) is 0. The molecular weight excluding hydrogens is 120 g/mol. The van der Waals surface area contributed by atoms with Crippen LogP contribution in [0.3, 0.4) is 0 Å². The molecule has 0 aliphatic rings. The second kappa shape index (κ2) is 8.74. The maximum atomic E-state index is 2.30. The summed E-state index contributed by atoms with van der Waals surface area (Å²) in [6.45, 7) is 4.43. The molecule has 0 rings (SSSR count). The van der Waals surface area contributed by atoms with Crippen molar-refractivity contribution >= 4 is 0 Å². The number of unbranched alkanes of at least 4 members (excludes halogenated alkanes) is 4. The van der Waals surface area contributed by atoms with Gasteiger partial charge in [0.25, 0.3) is 0 Å². The summed E-state index contributed by atoms with van der Waals surface area (Å²) in [5.41, 5.74) is 0. The Hall–Kier alpha value is -0.260. The first-order valence-corrected chi connectivity index (χ1v) is 4.56. The lowest BCUT2D eigenvalue weighted by Gasteiger charge is -1.92. The highest BCUT2D eigenvalue weighted by atomic mass is 13.9. The molecule has 0 aliphatic carbocycles. The van der Waals surface area contributed by atoms with E-state index in [9.17, 15) is 0 Å². The molecule has 0 aromatic rings. The Bertz CT molecular complexity index is 72.1. The van der Waals surface area contributed by atoms with Gasteiger partial charge in [0, 0.05) is 0 Å². The Morgan fingerprint density at radius 1 is 0.900 bits per heavy atom. The van der Waals surface area contributed by atoms with Crippen LogP contribution in [-0.4, -0.2) is 0 Å². The van der Waals surface area contributed by atoms with Gasteiger partial charge < -0.3 is 0 Å². The fraction of sp³-hybridized carbons (Fsp3) is 0.800. The third-order valence-corrected chi connectivity index (χ3v) is 1.63. The van der Waals surface area contributed by atoms with Crippen molar-refractivity contribution in [2.45, 2.75) is 52.4 Å². The van der Waals surface area contributed by atoms with Gasteiger partial charge in [0.05, 0.1) is 0 Å². The minimum absolute atomic E-state index is 1.19. The van der Waals surface area contributed by atoms with Crippen LogP contribution in [0, 0.1) is 0 Å². The molecular formula is C10H20. The van der Waals surface area contributed by atoms with Crippen LogP contribution in [0.25, 0.3) is 0 Å². The lowest BCUT2D eigenvalue weighted by molar-refractivity contribution is 0.674. The summed E-state index contributed by atoms with van der Waals surface area (Å²) in [5, 5.41) is 0. The molecule has 0 fully saturated rings. The predicted molar refractivity (Wildman–Crippen MR) is 48.2 cm³/mol. The van der Waals surface area contributed by atoms with E-state index in [4.69, 9.17) is 0 Å². The number of hydrogen-bond acceptors (Lipinski definition) is 0. The zero-order valence-electron chi connectivity index (χ0n) is 7.40. The smallest absolute Gasteiger partial charge is 0.0351 e. The Kier molecular flexibility index (Phi) is 8.51. The molecule has 0 bridgehead atoms. The van der Waals surface area contributed by atoms with Crippen LogP contribution in [-0.2, 0) is 0 Å². The fourth-order valence-electron chi connectivity index (χ4n) is 0.973. The van der Waals surface area contributed by atoms with Crippen molar-refractivity contribution < 1.29 is 0 Å². The van der Waals surface area contributed by atoms with Crippen LogP contribution >= 0.6 is 0 Å². The SMILES string of the molecule is CC/C=C/CCCCCC. The first-order chi connectivity index (χ1) is 4.91. The summed E-state index contributed by atoms with van der Waals surface area (Å²) in [4.78, 5) is 0. The second-order valence-corrected chi connectivity index (χ2v) is 2.73. The molecule has 0 saturated carbocycles. The molecule has 0 saturated heterocycles. The van der Waals surface area contributed by atoms with Crippen molar-refractivity contribution in [2.24, 2.45) is 0 Å². The van der Waals surface area contributed by atoms with Crippen LogP contribution in [0.4, 0.5) is 0 Å². The third kappa shape index (κ3) is 7.74. The highest BCUT2D eigenvalue weighted by Gasteiger charge is 1.82. The van der Waals surface area contributed by atoms with Crippen molar-refractivity contribution in [1.29, 1.82) is 0 Å². The van der Waals surface area contributed by atoms with Crippen LogP contribution in [0.2, 0.25) is 0 Å². The molecule has 0 unspecified atom stereocenters. The van der Waals surface area contributed by atoms with Gasteiger partial charge >= 0.3 is 0 Å². The Balaban J connectivity index is 2.83. The summed E-state index contributed by atoms with van der Waals surface area (Å²) < 4.78 is 0. The van der Waals surface area contributed by atoms with Gasteiger partial charge in [-0.3, -0.25) is 0 Å². The minimum Gasteiger partial charge on any atom is -0.0888 e. The summed E-state index contributed by atoms with van der Waals surface area (Å²) in [6.07, 6.45) is 12.6. The number of allylic oxidation sites excluding steroid dienone is 2. The zero-order valence-corrected chi connectivity index (χ0v) is 7.40. The summed E-state index contributed by atoms with van der Waals surface area (Å²) in [6, 6.07) is 0. The van der Waals surface area contributed by atoms with Gasteiger partial charge in [0.2, 0.25) is 0 Å². The molecule has 10 heavy (non-hydrogen) atoms. The molecule has 0 atom stereocenters. The zero-order chi connectivity index (χ0) is 7.66. The van der Waals surface area contributed by atoms with Crippen molar-refractivity contribution in [3.63, 3.8) is 0 Å². The Morgan fingerprint density at radius 3 is 2.30 bits per heavy atom. The van der Waals surface area contributed by atoms with E-state index >= 15 is 0 Å². The van der Waals surface area contributed by atoms with Crippen LogP contribution in [0.1, 0.15) is 52.4 Å². The topological polar surface area (TPSA) is 0 Å². The van der Waals surface area contributed by atoms with E-state index in [1.54, 1.807) is 0 Å². The maximum Gasteiger partial charge on any atom is -0.0351 e. The van der Waals surface area contributed by atoms with Crippen molar-refractivity contribution in [3.05, 3.63) is 12.2 Å². The van der Waals surface area contributed by atoms with E-state index in [0.29, 0.717) is 0 Å². The second-order valence-electron chi connectivity index (χ2n) is 2.73. The van der Waals surface area contributed by atoms with Gasteiger partial charge in [-0.25, -0.2) is 0 Å². The molecule has 0 heteroatoms. The first kappa shape index (κ1) is 9.74. The van der Waals surface area contributed by atoms with Crippen LogP contribution < -0.4 is 0 Å². The van der Waals surface area contributed by atoms with E-state index < -0.39 is 0 Å². The fourth-order valence-corrected chi connectivity index (χ4v) is 0.973. The molecule has 0 aromatic carbocycles. The van der Waals surface area contributed by atoms with Gasteiger partial charge in [-0.1, -0.05) is 45.3 Å². The molecule has 0 aliphatic heterocycles. The van der Waals surface area contributed by atoms with Gasteiger partial charge in [0.15, 0.2) is 0 Å². The van der Waals surface area contributed by atoms with Gasteiger partial charge in [-0.2, -0.15) is 0 Å². The van der Waals surface area contributed by atoms with Crippen molar-refractivity contribution in [1.82, 2.24) is 0 Å². The average molecular weight is 140 g/mol. The van der Waals surface area contributed by atoms with Gasteiger partial charge in [0.1, 0.15) is 0 Å². The van der Waals surface area contributed by atoms with E-state index in [2.05, 4.69) is 26.0 Å². The molecule has 60 valence electrons. The van der Waals surface area contributed by atoms with Crippen molar-refractivity contribution in [2.75, 3.05) is 0 Å². The standard InChI is InChI=1S/C10H20/c1-3-5-7-9-10-8-6-4-2/h5,7H,3-4,6,8-10H2,1-2H3/b7-5+. The molecule has 0 radical (unpaired) electrons. The summed E-state index contributed by atoms with van der Waals surface area (Å²) in [5.74, 6) is 0. The van der Waals surface area contributed by atoms with Crippen LogP contribution in [0.15, 0.2) is 12.2 Å². The van der Waals surface area contributed by atoms with Gasteiger partial charge in [-0.05, 0) is 19.3 Å². The van der Waals surface area contributed by atoms with Crippen molar-refractivity contribution in [3.8, 4) is 0 Å². The molecule has 0 heterocycles. The lowest BCUT2D eigenvalue weighted by atomic mass is 10.1. The Morgan fingerprint density at radius 2 is 1.70 bits per heavy atom. The molecule has 0 nitrogen and oxygen atoms in total. The monoisotopic (exact) mass is 140 g/mol. The first-order valence-electron chi connectivity index (χ1n) is 4.56. The number of rotatable bonds is 6. The molecule has 0 N–H and O–H groups in total. The maximum absolute atomic E-state index is 2.30. The number of hydrogen-bond donors (Lipinski definition) is 0. The van der Waals surface area contributed by atoms with Crippen LogP contribution in [0.5, 0.6) is 0 Å². The third-order valence-electron chi connectivity index (χ3n) is 1.63. The van der Waals surface area contributed by atoms with E-state index in [0.717, 1.165) is 0 Å². The molecule has 0 spiro atoms. The highest BCUT2D eigenvalue weighted by Crippen LogP contribution is 2.02. The highest BCUT2D eigenvalue weighted by molar-refractivity contribution is 4.79. The van der Waals surface area contributed by atoms with E-state index in [1.807, 2.05) is 0 Å². The van der Waals surface area contributed by atoms with Gasteiger partial charge in [-0.15, -0.1) is 0 Å². The van der Waals surface area contributed by atoms with E-state index in [-0.39, 0.29) is 0 Å². The summed E-state index contributed by atoms with van der Waals surface area (Å²) >= 11 is 0. The largest absolute Gasteiger partial charge is 0.0888 e. The molecule has 0 amide bonds.